The van der Waals surface area contributed by atoms with Crippen LogP contribution >= 0.6 is 11.6 Å². The van der Waals surface area contributed by atoms with Crippen LogP contribution in [0.3, 0.4) is 0 Å². The summed E-state index contributed by atoms with van der Waals surface area (Å²) in [6.07, 6.45) is -4.49. The molecule has 2 aromatic rings. The van der Waals surface area contributed by atoms with E-state index in [0.717, 1.165) is 20.1 Å². The minimum atomic E-state index is -5.06. The van der Waals surface area contributed by atoms with E-state index in [4.69, 9.17) is 16.3 Å². The van der Waals surface area contributed by atoms with Gasteiger partial charge in [0.25, 0.3) is 10.0 Å². The van der Waals surface area contributed by atoms with Gasteiger partial charge in [-0.15, -0.1) is 0 Å². The van der Waals surface area contributed by atoms with Crippen molar-refractivity contribution in [1.29, 1.82) is 0 Å². The summed E-state index contributed by atoms with van der Waals surface area (Å²) in [5, 5.41) is 0.212. The Morgan fingerprint density at radius 1 is 1.19 bits per heavy atom. The molecule has 1 heterocycles. The number of nitrogens with zero attached hydrogens (tertiary/aromatic N) is 1. The van der Waals surface area contributed by atoms with Crippen LogP contribution in [0.25, 0.3) is 0 Å². The standard InChI is InChI=1S/C19H19ClF4N2O4S/c1-26-6-5-12(10-26)30-16-7-11(3-4-14(16)20)25-31(27,28)18-9-15(21)17(29-2)8-13(18)19(22,23)24/h3-4,7-9,12,25H,5-6,10H2,1-2H3/t12-/m0/s1. The van der Waals surface area contributed by atoms with Gasteiger partial charge in [0.05, 0.1) is 23.4 Å². The topological polar surface area (TPSA) is 67.9 Å². The summed E-state index contributed by atoms with van der Waals surface area (Å²) >= 11 is 6.11. The van der Waals surface area contributed by atoms with Gasteiger partial charge < -0.3 is 14.4 Å². The maximum atomic E-state index is 14.0. The normalized spacial score (nSPS) is 17.6. The molecule has 0 aliphatic carbocycles. The Labute approximate surface area is 181 Å². The molecule has 1 aliphatic heterocycles. The Bertz CT molecular complexity index is 1080. The molecule has 1 saturated heterocycles. The second-order valence-electron chi connectivity index (χ2n) is 7.02. The van der Waals surface area contributed by atoms with Gasteiger partial charge in [-0.25, -0.2) is 12.8 Å². The highest BCUT2D eigenvalue weighted by Crippen LogP contribution is 2.39. The Hall–Kier alpha value is -2.24. The van der Waals surface area contributed by atoms with Gasteiger partial charge in [0.15, 0.2) is 11.6 Å². The molecular weight excluding hydrogens is 464 g/mol. The van der Waals surface area contributed by atoms with Crippen molar-refractivity contribution in [2.24, 2.45) is 0 Å². The SMILES string of the molecule is COc1cc(C(F)(F)F)c(S(=O)(=O)Nc2ccc(Cl)c(O[C@H]3CCN(C)C3)c2)cc1F. The number of halogens is 5. The number of rotatable bonds is 6. The van der Waals surface area contributed by atoms with E-state index in [9.17, 15) is 26.0 Å². The number of likely N-dealkylation sites (tertiary alicyclic amines) is 1. The summed E-state index contributed by atoms with van der Waals surface area (Å²) in [5.41, 5.74) is -1.65. The average molecular weight is 483 g/mol. The van der Waals surface area contributed by atoms with E-state index >= 15 is 0 Å². The largest absolute Gasteiger partial charge is 0.494 e. The lowest BCUT2D eigenvalue weighted by molar-refractivity contribution is -0.140. The molecule has 0 unspecified atom stereocenters. The molecule has 1 aliphatic rings. The quantitative estimate of drug-likeness (QED) is 0.618. The maximum absolute atomic E-state index is 14.0. The van der Waals surface area contributed by atoms with E-state index in [-0.39, 0.29) is 28.6 Å². The zero-order chi connectivity index (χ0) is 23.0. The molecular formula is C19H19ClF4N2O4S. The molecule has 6 nitrogen and oxygen atoms in total. The van der Waals surface area contributed by atoms with E-state index in [1.807, 2.05) is 16.7 Å². The third kappa shape index (κ3) is 5.34. The predicted molar refractivity (Wildman–Crippen MR) is 107 cm³/mol. The third-order valence-corrected chi connectivity index (χ3v) is 6.41. The molecule has 0 bridgehead atoms. The number of likely N-dealkylation sites (N-methyl/N-ethyl adjacent to an activating group) is 1. The zero-order valence-electron chi connectivity index (χ0n) is 16.5. The Morgan fingerprint density at radius 3 is 2.48 bits per heavy atom. The number of hydrogen-bond donors (Lipinski definition) is 1. The van der Waals surface area contributed by atoms with E-state index in [0.29, 0.717) is 12.6 Å². The number of sulfonamides is 1. The second-order valence-corrected chi connectivity index (χ2v) is 9.08. The van der Waals surface area contributed by atoms with Gasteiger partial charge >= 0.3 is 6.18 Å². The number of alkyl halides is 3. The van der Waals surface area contributed by atoms with Crippen LogP contribution in [0, 0.1) is 5.82 Å². The van der Waals surface area contributed by atoms with Crippen LogP contribution in [0.1, 0.15) is 12.0 Å². The average Bonchev–Trinajstić information content (AvgIpc) is 3.08. The van der Waals surface area contributed by atoms with Gasteiger partial charge in [-0.05, 0) is 37.7 Å². The van der Waals surface area contributed by atoms with E-state index in [1.54, 1.807) is 0 Å². The molecule has 0 aromatic heterocycles. The summed E-state index contributed by atoms with van der Waals surface area (Å²) < 4.78 is 92.1. The molecule has 0 spiro atoms. The van der Waals surface area contributed by atoms with Gasteiger partial charge in [0, 0.05) is 19.2 Å². The Morgan fingerprint density at radius 2 is 1.90 bits per heavy atom. The van der Waals surface area contributed by atoms with Crippen molar-refractivity contribution >= 4 is 27.3 Å². The highest BCUT2D eigenvalue weighted by molar-refractivity contribution is 7.92. The smallest absolute Gasteiger partial charge is 0.417 e. The van der Waals surface area contributed by atoms with E-state index in [1.165, 1.54) is 18.2 Å². The van der Waals surface area contributed by atoms with Gasteiger partial charge in [-0.2, -0.15) is 13.2 Å². The molecule has 2 aromatic carbocycles. The molecule has 31 heavy (non-hydrogen) atoms. The van der Waals surface area contributed by atoms with Crippen molar-refractivity contribution in [3.05, 3.63) is 46.7 Å². The number of benzene rings is 2. The number of hydrogen-bond acceptors (Lipinski definition) is 5. The Kier molecular flexibility index (Phi) is 6.59. The van der Waals surface area contributed by atoms with Crippen LogP contribution in [-0.2, 0) is 16.2 Å². The summed E-state index contributed by atoms with van der Waals surface area (Å²) in [6.45, 7) is 1.46. The highest BCUT2D eigenvalue weighted by atomic mass is 35.5. The molecule has 170 valence electrons. The number of methoxy groups -OCH3 is 1. The van der Waals surface area contributed by atoms with E-state index < -0.39 is 38.2 Å². The lowest BCUT2D eigenvalue weighted by Gasteiger charge is -2.18. The first-order valence-electron chi connectivity index (χ1n) is 9.03. The van der Waals surface area contributed by atoms with Crippen LogP contribution in [0.4, 0.5) is 23.2 Å². The van der Waals surface area contributed by atoms with Crippen molar-refractivity contribution in [1.82, 2.24) is 4.90 Å². The highest BCUT2D eigenvalue weighted by Gasteiger charge is 2.39. The summed E-state index contributed by atoms with van der Waals surface area (Å²) in [6, 6.07) is 4.46. The van der Waals surface area contributed by atoms with E-state index in [2.05, 4.69) is 4.74 Å². The molecule has 0 radical (unpaired) electrons. The second kappa shape index (κ2) is 8.71. The van der Waals surface area contributed by atoms with Gasteiger partial charge in [-0.1, -0.05) is 11.6 Å². The molecule has 3 rings (SSSR count). The van der Waals surface area contributed by atoms with Gasteiger partial charge in [-0.3, -0.25) is 4.72 Å². The van der Waals surface area contributed by atoms with Crippen molar-refractivity contribution < 1.29 is 35.5 Å². The molecule has 1 N–H and O–H groups in total. The summed E-state index contributed by atoms with van der Waals surface area (Å²) in [5.74, 6) is -1.80. The lowest BCUT2D eigenvalue weighted by atomic mass is 10.2. The molecule has 0 amide bonds. The van der Waals surface area contributed by atoms with Crippen LogP contribution in [0.2, 0.25) is 5.02 Å². The van der Waals surface area contributed by atoms with Crippen molar-refractivity contribution in [3.8, 4) is 11.5 Å². The summed E-state index contributed by atoms with van der Waals surface area (Å²) in [4.78, 5) is 0.773. The van der Waals surface area contributed by atoms with Crippen LogP contribution in [0.5, 0.6) is 11.5 Å². The van der Waals surface area contributed by atoms with Gasteiger partial charge in [0.1, 0.15) is 16.7 Å². The number of anilines is 1. The predicted octanol–water partition coefficient (Wildman–Crippen LogP) is 4.39. The van der Waals surface area contributed by atoms with Crippen molar-refractivity contribution in [2.75, 3.05) is 32.0 Å². The summed E-state index contributed by atoms with van der Waals surface area (Å²) in [7, 11) is -1.92. The first kappa shape index (κ1) is 23.4. The zero-order valence-corrected chi connectivity index (χ0v) is 18.0. The van der Waals surface area contributed by atoms with Crippen molar-refractivity contribution in [3.63, 3.8) is 0 Å². The molecule has 12 heteroatoms. The van der Waals surface area contributed by atoms with Crippen LogP contribution in [0.15, 0.2) is 35.2 Å². The van der Waals surface area contributed by atoms with Crippen LogP contribution < -0.4 is 14.2 Å². The molecule has 1 fully saturated rings. The first-order chi connectivity index (χ1) is 14.4. The lowest BCUT2D eigenvalue weighted by Crippen LogP contribution is -2.22. The van der Waals surface area contributed by atoms with Crippen LogP contribution in [-0.4, -0.2) is 46.7 Å². The first-order valence-corrected chi connectivity index (χ1v) is 10.9. The maximum Gasteiger partial charge on any atom is 0.417 e. The fourth-order valence-corrected chi connectivity index (χ4v) is 4.61. The minimum Gasteiger partial charge on any atom is -0.494 e. The molecule has 1 atom stereocenters. The fraction of sp³-hybridized carbons (Fsp3) is 0.368. The minimum absolute atomic E-state index is 0.0879. The third-order valence-electron chi connectivity index (χ3n) is 4.67. The Balaban J connectivity index is 1.94. The fourth-order valence-electron chi connectivity index (χ4n) is 3.17. The monoisotopic (exact) mass is 482 g/mol. The number of nitrogens with one attached hydrogen (secondary N) is 1. The number of ether oxygens (including phenoxy) is 2. The van der Waals surface area contributed by atoms with Crippen molar-refractivity contribution in [2.45, 2.75) is 23.6 Å². The van der Waals surface area contributed by atoms with Gasteiger partial charge in [0.2, 0.25) is 0 Å². The molecule has 0 saturated carbocycles.